The molecule has 0 aliphatic carbocycles. The second-order valence-electron chi connectivity index (χ2n) is 2.51. The summed E-state index contributed by atoms with van der Waals surface area (Å²) in [7, 11) is 0. The Hall–Kier alpha value is -0.710. The van der Waals surface area contributed by atoms with Crippen LogP contribution in [0.3, 0.4) is 0 Å². The van der Waals surface area contributed by atoms with Gasteiger partial charge >= 0.3 is 0 Å². The maximum atomic E-state index is 5.95. The predicted octanol–water partition coefficient (Wildman–Crippen LogP) is 3.01. The number of aliphatic imine (C=N–C) groups is 1. The fourth-order valence-electron chi connectivity index (χ4n) is 0.893. The van der Waals surface area contributed by atoms with E-state index in [-0.39, 0.29) is 0 Å². The molecule has 0 amide bonds. The predicted molar refractivity (Wildman–Crippen MR) is 69.2 cm³/mol. The van der Waals surface area contributed by atoms with Crippen LogP contribution < -0.4 is 5.84 Å². The van der Waals surface area contributed by atoms with E-state index >= 15 is 0 Å². The zero-order chi connectivity index (χ0) is 11.3. The first kappa shape index (κ1) is 12.4. The summed E-state index contributed by atoms with van der Waals surface area (Å²) >= 11 is 13.2. The highest BCUT2D eigenvalue weighted by molar-refractivity contribution is 8.13. The highest BCUT2D eigenvalue weighted by Crippen LogP contribution is 2.22. The lowest BCUT2D eigenvalue weighted by molar-refractivity contribution is 1.25. The molecule has 3 nitrogen and oxygen atoms in total. The molecule has 0 fully saturated rings. The van der Waals surface area contributed by atoms with Crippen molar-refractivity contribution in [2.45, 2.75) is 0 Å². The fraction of sp³-hybridized carbons (Fsp3) is 0.111. The molecule has 80 valence electrons. The van der Waals surface area contributed by atoms with Gasteiger partial charge in [-0.1, -0.05) is 41.0 Å². The summed E-state index contributed by atoms with van der Waals surface area (Å²) in [6.07, 6.45) is 3.38. The molecule has 0 unspecified atom stereocenters. The van der Waals surface area contributed by atoms with Crippen LogP contribution in [0.5, 0.6) is 0 Å². The summed E-state index contributed by atoms with van der Waals surface area (Å²) in [5, 5.41) is 5.03. The third-order valence-corrected chi connectivity index (χ3v) is 2.83. The van der Waals surface area contributed by atoms with E-state index in [2.05, 4.69) is 10.1 Å². The van der Waals surface area contributed by atoms with Crippen LogP contribution in [-0.2, 0) is 0 Å². The summed E-state index contributed by atoms with van der Waals surface area (Å²) in [4.78, 5) is 4.05. The normalized spacial score (nSPS) is 12.3. The number of rotatable bonds is 1. The lowest BCUT2D eigenvalue weighted by Gasteiger charge is -2.00. The van der Waals surface area contributed by atoms with Crippen LogP contribution in [0.25, 0.3) is 0 Å². The molecule has 1 aromatic carbocycles. The van der Waals surface area contributed by atoms with Crippen LogP contribution in [0.4, 0.5) is 0 Å². The first-order chi connectivity index (χ1) is 7.19. The second-order valence-corrected chi connectivity index (χ2v) is 4.10. The van der Waals surface area contributed by atoms with Crippen LogP contribution in [0.1, 0.15) is 5.56 Å². The van der Waals surface area contributed by atoms with Gasteiger partial charge in [-0.3, -0.25) is 0 Å². The molecule has 6 heteroatoms. The Morgan fingerprint density at radius 1 is 1.40 bits per heavy atom. The largest absolute Gasteiger partial charge is 0.321 e. The Balaban J connectivity index is 2.99. The topological polar surface area (TPSA) is 50.7 Å². The van der Waals surface area contributed by atoms with E-state index < -0.39 is 0 Å². The van der Waals surface area contributed by atoms with Gasteiger partial charge in [0.1, 0.15) is 0 Å². The van der Waals surface area contributed by atoms with Gasteiger partial charge in [0.15, 0.2) is 0 Å². The summed E-state index contributed by atoms with van der Waals surface area (Å²) in [5.74, 6) is 5.11. The maximum Gasteiger partial charge on any atom is 0.205 e. The fourth-order valence-corrected chi connectivity index (χ4v) is 1.65. The number of hydrogen-bond donors (Lipinski definition) is 1. The van der Waals surface area contributed by atoms with Gasteiger partial charge in [0.25, 0.3) is 0 Å². The summed E-state index contributed by atoms with van der Waals surface area (Å²) < 4.78 is 0. The summed E-state index contributed by atoms with van der Waals surface area (Å²) in [5.41, 5.74) is 0.663. The number of hydrogen-bond acceptors (Lipinski definition) is 3. The smallest absolute Gasteiger partial charge is 0.205 e. The SMILES string of the molecule is CSC(=N\N)/N=C/c1c(Cl)cccc1Cl. The molecular formula is C9H9Cl2N3S. The summed E-state index contributed by atoms with van der Waals surface area (Å²) in [6, 6.07) is 5.26. The van der Waals surface area contributed by atoms with Crippen molar-refractivity contribution in [2.75, 3.05) is 6.26 Å². The van der Waals surface area contributed by atoms with Crippen LogP contribution in [0, 0.1) is 0 Å². The molecule has 1 rings (SSSR count). The number of nitrogens with two attached hydrogens (primary N) is 1. The van der Waals surface area contributed by atoms with E-state index in [0.29, 0.717) is 20.8 Å². The molecule has 0 radical (unpaired) electrons. The van der Waals surface area contributed by atoms with E-state index in [4.69, 9.17) is 29.0 Å². The van der Waals surface area contributed by atoms with Crippen molar-refractivity contribution in [1.82, 2.24) is 0 Å². The molecule has 1 aromatic rings. The Labute approximate surface area is 102 Å². The number of hydrazone groups is 1. The molecule has 0 aliphatic rings. The van der Waals surface area contributed by atoms with Crippen molar-refractivity contribution in [2.24, 2.45) is 15.9 Å². The van der Waals surface area contributed by atoms with Gasteiger partial charge in [0, 0.05) is 11.8 Å². The second kappa shape index (κ2) is 6.00. The Bertz CT molecular complexity index is 384. The van der Waals surface area contributed by atoms with E-state index in [1.54, 1.807) is 24.4 Å². The van der Waals surface area contributed by atoms with Crippen LogP contribution >= 0.6 is 35.0 Å². The van der Waals surface area contributed by atoms with Gasteiger partial charge < -0.3 is 5.84 Å². The molecule has 0 saturated heterocycles. The highest BCUT2D eigenvalue weighted by Gasteiger charge is 2.02. The lowest BCUT2D eigenvalue weighted by atomic mass is 10.2. The molecular weight excluding hydrogens is 253 g/mol. The van der Waals surface area contributed by atoms with E-state index in [1.165, 1.54) is 11.8 Å². The Morgan fingerprint density at radius 3 is 2.47 bits per heavy atom. The lowest BCUT2D eigenvalue weighted by Crippen LogP contribution is -1.94. The van der Waals surface area contributed by atoms with E-state index in [0.717, 1.165) is 0 Å². The minimum Gasteiger partial charge on any atom is -0.321 e. The summed E-state index contributed by atoms with van der Waals surface area (Å²) in [6.45, 7) is 0. The monoisotopic (exact) mass is 261 g/mol. The van der Waals surface area contributed by atoms with Crippen molar-refractivity contribution < 1.29 is 0 Å². The number of halogens is 2. The number of thioether (sulfide) groups is 1. The number of nitrogens with zero attached hydrogens (tertiary/aromatic N) is 2. The number of amidine groups is 1. The average molecular weight is 262 g/mol. The third kappa shape index (κ3) is 3.41. The zero-order valence-corrected chi connectivity index (χ0v) is 10.3. The van der Waals surface area contributed by atoms with Gasteiger partial charge in [-0.2, -0.15) is 5.10 Å². The number of benzene rings is 1. The van der Waals surface area contributed by atoms with Crippen LogP contribution in [0.2, 0.25) is 10.0 Å². The van der Waals surface area contributed by atoms with E-state index in [1.807, 2.05) is 6.26 Å². The molecule has 0 saturated carbocycles. The van der Waals surface area contributed by atoms with Crippen molar-refractivity contribution in [1.29, 1.82) is 0 Å². The Morgan fingerprint density at radius 2 is 2.00 bits per heavy atom. The maximum absolute atomic E-state index is 5.95. The molecule has 0 aromatic heterocycles. The first-order valence-corrected chi connectivity index (χ1v) is 5.97. The van der Waals surface area contributed by atoms with Gasteiger partial charge in [-0.25, -0.2) is 4.99 Å². The van der Waals surface area contributed by atoms with Crippen LogP contribution in [0.15, 0.2) is 28.3 Å². The quantitative estimate of drug-likeness (QED) is 0.366. The minimum atomic E-state index is 0.464. The molecule has 0 atom stereocenters. The van der Waals surface area contributed by atoms with Gasteiger partial charge in [-0.15, -0.1) is 0 Å². The van der Waals surface area contributed by atoms with Crippen molar-refractivity contribution >= 4 is 46.3 Å². The molecule has 15 heavy (non-hydrogen) atoms. The Kier molecular flexibility index (Phi) is 4.94. The third-order valence-electron chi connectivity index (χ3n) is 1.60. The van der Waals surface area contributed by atoms with Crippen LogP contribution in [-0.4, -0.2) is 17.6 Å². The average Bonchev–Trinajstić information content (AvgIpc) is 2.23. The molecule has 0 aliphatic heterocycles. The van der Waals surface area contributed by atoms with Gasteiger partial charge in [-0.05, 0) is 18.4 Å². The van der Waals surface area contributed by atoms with E-state index in [9.17, 15) is 0 Å². The van der Waals surface area contributed by atoms with Crippen molar-refractivity contribution in [3.63, 3.8) is 0 Å². The molecule has 0 bridgehead atoms. The van der Waals surface area contributed by atoms with Crippen molar-refractivity contribution in [3.05, 3.63) is 33.8 Å². The van der Waals surface area contributed by atoms with Crippen molar-refractivity contribution in [3.8, 4) is 0 Å². The standard InChI is InChI=1S/C9H9Cl2N3S/c1-15-9(14-12)13-5-6-7(10)3-2-4-8(6)11/h2-5H,12H2,1H3/b13-5+,14-9-. The minimum absolute atomic E-state index is 0.464. The van der Waals surface area contributed by atoms with Gasteiger partial charge in [0.05, 0.1) is 10.0 Å². The molecule has 2 N–H and O–H groups in total. The molecule has 0 spiro atoms. The highest BCUT2D eigenvalue weighted by atomic mass is 35.5. The first-order valence-electron chi connectivity index (χ1n) is 3.99. The van der Waals surface area contributed by atoms with Gasteiger partial charge in [0.2, 0.25) is 5.17 Å². The molecule has 0 heterocycles. The zero-order valence-electron chi connectivity index (χ0n) is 7.95.